The monoisotopic (exact) mass is 263 g/mol. The molecule has 1 heterocycles. The number of nitrogens with one attached hydrogen (secondary N) is 1. The maximum absolute atomic E-state index is 11.1. The molecule has 18 heavy (non-hydrogen) atoms. The van der Waals surface area contributed by atoms with Gasteiger partial charge < -0.3 is 10.1 Å². The van der Waals surface area contributed by atoms with Gasteiger partial charge in [0.15, 0.2) is 0 Å². The van der Waals surface area contributed by atoms with E-state index < -0.39 is 5.97 Å². The average molecular weight is 264 g/mol. The molecule has 0 bridgehead atoms. The lowest BCUT2D eigenvalue weighted by atomic mass is 9.86. The number of halogens is 1. The fourth-order valence-electron chi connectivity index (χ4n) is 2.81. The molecule has 3 rings (SSSR count). The number of benzene rings is 1. The second kappa shape index (κ2) is 4.02. The van der Waals surface area contributed by atoms with Crippen LogP contribution in [0.4, 0.5) is 0 Å². The van der Waals surface area contributed by atoms with Crippen LogP contribution in [-0.4, -0.2) is 16.1 Å². The molecule has 0 saturated heterocycles. The molecular weight excluding hydrogens is 250 g/mol. The smallest absolute Gasteiger partial charge is 0.306 e. The second-order valence-electron chi connectivity index (χ2n) is 4.96. The number of hydrogen-bond donors (Lipinski definition) is 2. The Morgan fingerprint density at radius 1 is 1.50 bits per heavy atom. The van der Waals surface area contributed by atoms with E-state index in [0.29, 0.717) is 12.8 Å². The number of hydrogen-bond acceptors (Lipinski definition) is 1. The predicted octanol–water partition coefficient (Wildman–Crippen LogP) is 3.32. The predicted molar refractivity (Wildman–Crippen MR) is 71.2 cm³/mol. The van der Waals surface area contributed by atoms with Gasteiger partial charge >= 0.3 is 5.97 Å². The summed E-state index contributed by atoms with van der Waals surface area (Å²) in [7, 11) is 0. The van der Waals surface area contributed by atoms with Crippen LogP contribution in [0.15, 0.2) is 12.1 Å². The number of carboxylic acids is 1. The van der Waals surface area contributed by atoms with Crippen molar-refractivity contribution >= 4 is 28.5 Å². The van der Waals surface area contributed by atoms with E-state index in [2.05, 4.69) is 4.98 Å². The Morgan fingerprint density at radius 2 is 2.28 bits per heavy atom. The van der Waals surface area contributed by atoms with Gasteiger partial charge in [-0.25, -0.2) is 0 Å². The molecule has 1 aliphatic rings. The van der Waals surface area contributed by atoms with E-state index in [4.69, 9.17) is 16.7 Å². The van der Waals surface area contributed by atoms with Crippen molar-refractivity contribution in [3.63, 3.8) is 0 Å². The number of aromatic nitrogens is 1. The van der Waals surface area contributed by atoms with E-state index in [1.54, 1.807) is 0 Å². The molecule has 1 aliphatic carbocycles. The molecular formula is C14H14ClNO2. The van der Waals surface area contributed by atoms with E-state index >= 15 is 0 Å². The standard InChI is InChI=1S/C14H14ClNO2/c1-7-11(15)4-3-9-10-6-8(14(17)18)2-5-12(10)16-13(7)9/h3-4,8,16H,2,5-6H2,1H3,(H,17,18). The molecule has 0 radical (unpaired) electrons. The molecule has 2 N–H and O–H groups in total. The van der Waals surface area contributed by atoms with Crippen LogP contribution < -0.4 is 0 Å². The molecule has 0 spiro atoms. The van der Waals surface area contributed by atoms with Crippen molar-refractivity contribution in [1.82, 2.24) is 4.98 Å². The summed E-state index contributed by atoms with van der Waals surface area (Å²) in [4.78, 5) is 14.5. The third-order valence-electron chi connectivity index (χ3n) is 3.91. The van der Waals surface area contributed by atoms with Gasteiger partial charge in [0.1, 0.15) is 0 Å². The normalized spacial score (nSPS) is 18.9. The number of fused-ring (bicyclic) bond motifs is 3. The number of carboxylic acid groups (broad SMARTS) is 1. The molecule has 1 aromatic heterocycles. The van der Waals surface area contributed by atoms with E-state index in [0.717, 1.165) is 33.5 Å². The zero-order valence-corrected chi connectivity index (χ0v) is 10.8. The highest BCUT2D eigenvalue weighted by Crippen LogP contribution is 2.35. The van der Waals surface area contributed by atoms with Crippen molar-refractivity contribution in [1.29, 1.82) is 0 Å². The number of H-pyrrole nitrogens is 1. The van der Waals surface area contributed by atoms with E-state index in [1.807, 2.05) is 19.1 Å². The fraction of sp³-hybridized carbons (Fsp3) is 0.357. The minimum absolute atomic E-state index is 0.257. The highest BCUT2D eigenvalue weighted by molar-refractivity contribution is 6.32. The summed E-state index contributed by atoms with van der Waals surface area (Å²) in [5, 5.41) is 11.0. The minimum atomic E-state index is -0.694. The van der Waals surface area contributed by atoms with Gasteiger partial charge in [0.2, 0.25) is 0 Å². The highest BCUT2D eigenvalue weighted by Gasteiger charge is 2.27. The van der Waals surface area contributed by atoms with Crippen LogP contribution >= 0.6 is 11.6 Å². The summed E-state index contributed by atoms with van der Waals surface area (Å²) in [6.45, 7) is 1.99. The summed E-state index contributed by atoms with van der Waals surface area (Å²) < 4.78 is 0. The molecule has 0 saturated carbocycles. The lowest BCUT2D eigenvalue weighted by molar-refractivity contribution is -0.142. The van der Waals surface area contributed by atoms with Gasteiger partial charge in [-0.05, 0) is 43.4 Å². The molecule has 1 aromatic carbocycles. The quantitative estimate of drug-likeness (QED) is 0.829. The van der Waals surface area contributed by atoms with Crippen LogP contribution in [0.25, 0.3) is 10.9 Å². The molecule has 0 amide bonds. The lowest BCUT2D eigenvalue weighted by Crippen LogP contribution is -2.21. The average Bonchev–Trinajstić information content (AvgIpc) is 2.72. The molecule has 4 heteroatoms. The summed E-state index contributed by atoms with van der Waals surface area (Å²) >= 11 is 6.12. The Hall–Kier alpha value is -1.48. The van der Waals surface area contributed by atoms with E-state index in [9.17, 15) is 4.79 Å². The SMILES string of the molecule is Cc1c(Cl)ccc2c3c([nH]c12)CCC(C(=O)O)C3. The van der Waals surface area contributed by atoms with Crippen LogP contribution in [-0.2, 0) is 17.6 Å². The molecule has 1 atom stereocenters. The Balaban J connectivity index is 2.17. The Kier molecular flexibility index (Phi) is 2.59. The molecule has 2 aromatic rings. The summed E-state index contributed by atoms with van der Waals surface area (Å²) in [5.41, 5.74) is 4.42. The van der Waals surface area contributed by atoms with Crippen LogP contribution in [0, 0.1) is 12.8 Å². The largest absolute Gasteiger partial charge is 0.481 e. The number of carbonyl (C=O) groups is 1. The number of aromatic amines is 1. The van der Waals surface area contributed by atoms with Crippen molar-refractivity contribution in [2.75, 3.05) is 0 Å². The van der Waals surface area contributed by atoms with E-state index in [1.165, 1.54) is 5.69 Å². The molecule has 0 fully saturated rings. The van der Waals surface area contributed by atoms with Crippen molar-refractivity contribution in [3.8, 4) is 0 Å². The summed E-state index contributed by atoms with van der Waals surface area (Å²) in [6.07, 6.45) is 2.13. The summed E-state index contributed by atoms with van der Waals surface area (Å²) in [6, 6.07) is 3.88. The van der Waals surface area contributed by atoms with Crippen molar-refractivity contribution in [3.05, 3.63) is 34.0 Å². The van der Waals surface area contributed by atoms with Crippen molar-refractivity contribution < 1.29 is 9.90 Å². The zero-order valence-electron chi connectivity index (χ0n) is 10.1. The number of rotatable bonds is 1. The van der Waals surface area contributed by atoms with Gasteiger partial charge in [-0.2, -0.15) is 0 Å². The van der Waals surface area contributed by atoms with Crippen molar-refractivity contribution in [2.45, 2.75) is 26.2 Å². The highest BCUT2D eigenvalue weighted by atomic mass is 35.5. The molecule has 3 nitrogen and oxygen atoms in total. The first-order valence-corrected chi connectivity index (χ1v) is 6.47. The third-order valence-corrected chi connectivity index (χ3v) is 4.32. The third kappa shape index (κ3) is 1.62. The molecule has 94 valence electrons. The summed E-state index contributed by atoms with van der Waals surface area (Å²) in [5.74, 6) is -0.951. The van der Waals surface area contributed by atoms with E-state index in [-0.39, 0.29) is 5.92 Å². The minimum Gasteiger partial charge on any atom is -0.481 e. The van der Waals surface area contributed by atoms with Gasteiger partial charge in [0.25, 0.3) is 0 Å². The van der Waals surface area contributed by atoms with Gasteiger partial charge in [-0.1, -0.05) is 17.7 Å². The van der Waals surface area contributed by atoms with Crippen LogP contribution in [0.3, 0.4) is 0 Å². The Bertz CT molecular complexity index is 645. The zero-order chi connectivity index (χ0) is 12.9. The van der Waals surface area contributed by atoms with Crippen LogP contribution in [0.2, 0.25) is 5.02 Å². The van der Waals surface area contributed by atoms with Gasteiger partial charge in [-0.3, -0.25) is 4.79 Å². The maximum Gasteiger partial charge on any atom is 0.306 e. The van der Waals surface area contributed by atoms with Gasteiger partial charge in [0, 0.05) is 16.1 Å². The van der Waals surface area contributed by atoms with Crippen LogP contribution in [0.1, 0.15) is 23.2 Å². The van der Waals surface area contributed by atoms with Gasteiger partial charge in [-0.15, -0.1) is 0 Å². The van der Waals surface area contributed by atoms with Crippen LogP contribution in [0.5, 0.6) is 0 Å². The second-order valence-corrected chi connectivity index (χ2v) is 5.36. The number of aliphatic carboxylic acids is 1. The first-order chi connectivity index (χ1) is 8.58. The lowest BCUT2D eigenvalue weighted by Gasteiger charge is -2.18. The van der Waals surface area contributed by atoms with Gasteiger partial charge in [0.05, 0.1) is 11.4 Å². The maximum atomic E-state index is 11.1. The Morgan fingerprint density at radius 3 is 3.00 bits per heavy atom. The number of aryl methyl sites for hydroxylation is 2. The van der Waals surface area contributed by atoms with Crippen molar-refractivity contribution in [2.24, 2.45) is 5.92 Å². The molecule has 0 aliphatic heterocycles. The topological polar surface area (TPSA) is 53.1 Å². The first-order valence-electron chi connectivity index (χ1n) is 6.09. The fourth-order valence-corrected chi connectivity index (χ4v) is 2.97. The Labute approximate surface area is 110 Å². The first kappa shape index (κ1) is 11.6. The molecule has 1 unspecified atom stereocenters.